The largest absolute Gasteiger partial charge is 0.311 e. The Balaban J connectivity index is 2.55. The van der Waals surface area contributed by atoms with Crippen LogP contribution in [0.5, 0.6) is 0 Å². The Morgan fingerprint density at radius 3 is 2.50 bits per heavy atom. The highest BCUT2D eigenvalue weighted by Crippen LogP contribution is 2.05. The Kier molecular flexibility index (Phi) is 4.41. The summed E-state index contributed by atoms with van der Waals surface area (Å²) in [6.07, 6.45) is 4.35. The molecule has 0 aliphatic heterocycles. The first kappa shape index (κ1) is 11.0. The van der Waals surface area contributed by atoms with Crippen LogP contribution in [0.25, 0.3) is 6.08 Å². The molecule has 0 aliphatic carbocycles. The second-order valence-corrected chi connectivity index (χ2v) is 3.62. The molecule has 0 saturated carbocycles. The van der Waals surface area contributed by atoms with Gasteiger partial charge in [0.05, 0.1) is 0 Å². The van der Waals surface area contributed by atoms with Crippen LogP contribution in [-0.2, 0) is 0 Å². The number of aryl methyl sites for hydroxylation is 1. The molecular formula is C13H19N. The third kappa shape index (κ3) is 3.75. The quantitative estimate of drug-likeness (QED) is 0.767. The fourth-order valence-corrected chi connectivity index (χ4v) is 1.32. The van der Waals surface area contributed by atoms with E-state index in [0.717, 1.165) is 6.54 Å². The highest BCUT2D eigenvalue weighted by atomic mass is 14.9. The van der Waals surface area contributed by atoms with E-state index >= 15 is 0 Å². The molecule has 0 aromatic heterocycles. The Hall–Kier alpha value is -1.08. The van der Waals surface area contributed by atoms with Gasteiger partial charge in [0.1, 0.15) is 0 Å². The highest BCUT2D eigenvalue weighted by molar-refractivity contribution is 5.50. The predicted molar refractivity (Wildman–Crippen MR) is 63.4 cm³/mol. The number of hydrogen-bond acceptors (Lipinski definition) is 1. The maximum absolute atomic E-state index is 3.34. The fraction of sp³-hybridized carbons (Fsp3) is 0.385. The van der Waals surface area contributed by atoms with E-state index in [0.29, 0.717) is 6.04 Å². The number of likely N-dealkylation sites (N-methyl/N-ethyl adjacent to an activating group) is 1. The first-order chi connectivity index (χ1) is 6.72. The van der Waals surface area contributed by atoms with E-state index in [1.165, 1.54) is 11.1 Å². The Labute approximate surface area is 86.8 Å². The van der Waals surface area contributed by atoms with Gasteiger partial charge in [-0.3, -0.25) is 0 Å². The Morgan fingerprint density at radius 2 is 1.93 bits per heavy atom. The summed E-state index contributed by atoms with van der Waals surface area (Å²) in [5.74, 6) is 0. The molecule has 1 atom stereocenters. The van der Waals surface area contributed by atoms with E-state index in [1.807, 2.05) is 0 Å². The molecule has 0 fully saturated rings. The third-order valence-electron chi connectivity index (χ3n) is 2.18. The van der Waals surface area contributed by atoms with E-state index in [1.54, 1.807) is 0 Å². The van der Waals surface area contributed by atoms with Crippen molar-refractivity contribution in [2.45, 2.75) is 26.8 Å². The summed E-state index contributed by atoms with van der Waals surface area (Å²) >= 11 is 0. The van der Waals surface area contributed by atoms with Gasteiger partial charge in [0.15, 0.2) is 0 Å². The standard InChI is InChI=1S/C13H19N/c1-4-14-12(3)7-10-13-8-5-11(2)6-9-13/h5-10,12,14H,4H2,1-3H3/b10-7+. The van der Waals surface area contributed by atoms with Crippen molar-refractivity contribution in [3.05, 3.63) is 41.5 Å². The minimum absolute atomic E-state index is 0.446. The average Bonchev–Trinajstić information content (AvgIpc) is 2.17. The van der Waals surface area contributed by atoms with Crippen molar-refractivity contribution < 1.29 is 0 Å². The Morgan fingerprint density at radius 1 is 1.29 bits per heavy atom. The van der Waals surface area contributed by atoms with Crippen LogP contribution in [0.15, 0.2) is 30.3 Å². The maximum Gasteiger partial charge on any atom is 0.0224 e. The zero-order chi connectivity index (χ0) is 10.4. The van der Waals surface area contributed by atoms with Gasteiger partial charge < -0.3 is 5.32 Å². The summed E-state index contributed by atoms with van der Waals surface area (Å²) in [5, 5.41) is 3.34. The lowest BCUT2D eigenvalue weighted by Crippen LogP contribution is -2.22. The topological polar surface area (TPSA) is 12.0 Å². The lowest BCUT2D eigenvalue weighted by molar-refractivity contribution is 0.663. The monoisotopic (exact) mass is 189 g/mol. The summed E-state index contributed by atoms with van der Waals surface area (Å²) in [6.45, 7) is 7.40. The maximum atomic E-state index is 3.34. The molecule has 0 radical (unpaired) electrons. The van der Waals surface area contributed by atoms with Crippen LogP contribution >= 0.6 is 0 Å². The molecule has 1 unspecified atom stereocenters. The SMILES string of the molecule is CCNC(C)/C=C/c1ccc(C)cc1. The Bertz CT molecular complexity index is 285. The number of nitrogens with one attached hydrogen (secondary N) is 1. The van der Waals surface area contributed by atoms with Crippen LogP contribution in [0, 0.1) is 6.92 Å². The molecule has 1 aromatic carbocycles. The van der Waals surface area contributed by atoms with Crippen LogP contribution < -0.4 is 5.32 Å². The smallest absolute Gasteiger partial charge is 0.0224 e. The van der Waals surface area contributed by atoms with Gasteiger partial charge in [0.25, 0.3) is 0 Å². The van der Waals surface area contributed by atoms with Gasteiger partial charge in [-0.1, -0.05) is 48.9 Å². The molecule has 0 aliphatic rings. The summed E-state index contributed by atoms with van der Waals surface area (Å²) in [5.41, 5.74) is 2.57. The molecule has 1 rings (SSSR count). The van der Waals surface area contributed by atoms with Crippen LogP contribution in [0.4, 0.5) is 0 Å². The van der Waals surface area contributed by atoms with Gasteiger partial charge in [-0.15, -0.1) is 0 Å². The first-order valence-corrected chi connectivity index (χ1v) is 5.20. The van der Waals surface area contributed by atoms with Crippen LogP contribution in [0.2, 0.25) is 0 Å². The second kappa shape index (κ2) is 5.61. The molecule has 0 spiro atoms. The molecule has 0 amide bonds. The predicted octanol–water partition coefficient (Wildman–Crippen LogP) is 3.01. The summed E-state index contributed by atoms with van der Waals surface area (Å²) in [6, 6.07) is 9.01. The van der Waals surface area contributed by atoms with Crippen molar-refractivity contribution in [1.29, 1.82) is 0 Å². The van der Waals surface area contributed by atoms with Crippen molar-refractivity contribution in [1.82, 2.24) is 5.32 Å². The van der Waals surface area contributed by atoms with Gasteiger partial charge >= 0.3 is 0 Å². The number of rotatable bonds is 4. The molecule has 76 valence electrons. The molecule has 1 aromatic rings. The lowest BCUT2D eigenvalue weighted by Gasteiger charge is -2.05. The van der Waals surface area contributed by atoms with Gasteiger partial charge in [-0.2, -0.15) is 0 Å². The lowest BCUT2D eigenvalue weighted by atomic mass is 10.1. The van der Waals surface area contributed by atoms with E-state index in [2.05, 4.69) is 62.5 Å². The molecule has 0 saturated heterocycles. The summed E-state index contributed by atoms with van der Waals surface area (Å²) < 4.78 is 0. The minimum atomic E-state index is 0.446. The third-order valence-corrected chi connectivity index (χ3v) is 2.18. The fourth-order valence-electron chi connectivity index (χ4n) is 1.32. The number of hydrogen-bond donors (Lipinski definition) is 1. The van der Waals surface area contributed by atoms with Crippen LogP contribution in [-0.4, -0.2) is 12.6 Å². The van der Waals surface area contributed by atoms with Gasteiger partial charge in [0.2, 0.25) is 0 Å². The van der Waals surface area contributed by atoms with Crippen molar-refractivity contribution in [3.8, 4) is 0 Å². The molecule has 0 bridgehead atoms. The normalized spacial score (nSPS) is 13.4. The summed E-state index contributed by atoms with van der Waals surface area (Å²) in [4.78, 5) is 0. The van der Waals surface area contributed by atoms with Gasteiger partial charge in [-0.05, 0) is 26.0 Å². The van der Waals surface area contributed by atoms with E-state index in [-0.39, 0.29) is 0 Å². The molecule has 1 nitrogen and oxygen atoms in total. The van der Waals surface area contributed by atoms with E-state index in [9.17, 15) is 0 Å². The minimum Gasteiger partial charge on any atom is -0.311 e. The highest BCUT2D eigenvalue weighted by Gasteiger charge is 1.92. The molecular weight excluding hydrogens is 170 g/mol. The average molecular weight is 189 g/mol. The molecule has 1 heteroatoms. The van der Waals surface area contributed by atoms with Crippen molar-refractivity contribution in [2.24, 2.45) is 0 Å². The zero-order valence-electron chi connectivity index (χ0n) is 9.25. The van der Waals surface area contributed by atoms with Crippen molar-refractivity contribution in [3.63, 3.8) is 0 Å². The van der Waals surface area contributed by atoms with E-state index in [4.69, 9.17) is 0 Å². The molecule has 14 heavy (non-hydrogen) atoms. The van der Waals surface area contributed by atoms with Crippen LogP contribution in [0.1, 0.15) is 25.0 Å². The summed E-state index contributed by atoms with van der Waals surface area (Å²) in [7, 11) is 0. The molecule has 0 heterocycles. The van der Waals surface area contributed by atoms with Gasteiger partial charge in [-0.25, -0.2) is 0 Å². The van der Waals surface area contributed by atoms with Crippen molar-refractivity contribution in [2.75, 3.05) is 6.54 Å². The number of benzene rings is 1. The second-order valence-electron chi connectivity index (χ2n) is 3.62. The van der Waals surface area contributed by atoms with Crippen molar-refractivity contribution >= 4 is 6.08 Å². The van der Waals surface area contributed by atoms with Gasteiger partial charge in [0, 0.05) is 6.04 Å². The zero-order valence-corrected chi connectivity index (χ0v) is 9.25. The molecule has 1 N–H and O–H groups in total. The van der Waals surface area contributed by atoms with Crippen LogP contribution in [0.3, 0.4) is 0 Å². The van der Waals surface area contributed by atoms with E-state index < -0.39 is 0 Å². The first-order valence-electron chi connectivity index (χ1n) is 5.20.